The predicted octanol–water partition coefficient (Wildman–Crippen LogP) is 1.53. The summed E-state index contributed by atoms with van der Waals surface area (Å²) in [6.07, 6.45) is 9.04. The summed E-state index contributed by atoms with van der Waals surface area (Å²) in [5.41, 5.74) is 5.71. The van der Waals surface area contributed by atoms with Gasteiger partial charge in [0.25, 0.3) is 6.47 Å². The minimum absolute atomic E-state index is 0.0165. The van der Waals surface area contributed by atoms with Crippen LogP contribution in [0, 0.1) is 0 Å². The third kappa shape index (κ3) is 12.4. The molecule has 0 radical (unpaired) electrons. The van der Waals surface area contributed by atoms with Gasteiger partial charge in [-0.25, -0.2) is 0 Å². The lowest BCUT2D eigenvalue weighted by Gasteiger charge is -2.16. The van der Waals surface area contributed by atoms with Crippen LogP contribution in [0.15, 0.2) is 4.99 Å². The largest absolute Gasteiger partial charge is 0.483 e. The van der Waals surface area contributed by atoms with E-state index in [1.165, 1.54) is 24.2 Å². The first-order valence-corrected chi connectivity index (χ1v) is 8.32. The fourth-order valence-electron chi connectivity index (χ4n) is 2.21. The van der Waals surface area contributed by atoms with E-state index >= 15 is 0 Å². The van der Waals surface area contributed by atoms with Crippen molar-refractivity contribution in [2.24, 2.45) is 10.7 Å². The summed E-state index contributed by atoms with van der Waals surface area (Å²) in [6.45, 7) is 0.214. The molecule has 0 bridgehead atoms. The van der Waals surface area contributed by atoms with Crippen LogP contribution in [0.1, 0.15) is 57.8 Å². The number of nitrogens with zero attached hydrogens (tertiary/aromatic N) is 2. The monoisotopic (exact) mass is 343 g/mol. The second-order valence-electron chi connectivity index (χ2n) is 5.62. The van der Waals surface area contributed by atoms with E-state index in [1.54, 1.807) is 7.05 Å². The molecule has 138 valence electrons. The van der Waals surface area contributed by atoms with Gasteiger partial charge < -0.3 is 20.5 Å². The second kappa shape index (κ2) is 14.5. The van der Waals surface area contributed by atoms with Crippen molar-refractivity contribution in [3.05, 3.63) is 0 Å². The number of likely N-dealkylation sites (N-methyl/N-ethyl adjacent to an activating group) is 1. The summed E-state index contributed by atoms with van der Waals surface area (Å²) in [7, 11) is 1.63. The molecule has 1 rings (SSSR count). The molecule has 3 N–H and O–H groups in total. The maximum atomic E-state index is 11.7. The number of esters is 1. The van der Waals surface area contributed by atoms with Crippen LogP contribution >= 0.6 is 0 Å². The van der Waals surface area contributed by atoms with E-state index in [4.69, 9.17) is 20.4 Å². The number of rotatable bonds is 0. The SMILES string of the molecule is CN1CC(=O)OCCCCCCCCCCC(=O)N=C1N.O=CO. The summed E-state index contributed by atoms with van der Waals surface area (Å²) >= 11 is 0. The topological polar surface area (TPSA) is 122 Å². The summed E-state index contributed by atoms with van der Waals surface area (Å²) < 4.78 is 5.14. The molecule has 0 aliphatic carbocycles. The third-order valence-electron chi connectivity index (χ3n) is 3.54. The van der Waals surface area contributed by atoms with E-state index in [-0.39, 0.29) is 30.9 Å². The van der Waals surface area contributed by atoms with Crippen LogP contribution in [0.4, 0.5) is 0 Å². The van der Waals surface area contributed by atoms with Gasteiger partial charge in [0, 0.05) is 13.5 Å². The van der Waals surface area contributed by atoms with Crippen LogP contribution in [-0.2, 0) is 19.1 Å². The minimum atomic E-state index is -0.340. The molecule has 0 aromatic carbocycles. The van der Waals surface area contributed by atoms with Crippen molar-refractivity contribution in [3.63, 3.8) is 0 Å². The van der Waals surface area contributed by atoms with Crippen molar-refractivity contribution < 1.29 is 24.2 Å². The smallest absolute Gasteiger partial charge is 0.325 e. The Labute approximate surface area is 143 Å². The number of guanidine groups is 1. The van der Waals surface area contributed by atoms with Crippen molar-refractivity contribution in [1.29, 1.82) is 0 Å². The lowest BCUT2D eigenvalue weighted by molar-refractivity contribution is -0.144. The molecule has 0 aromatic heterocycles. The molecule has 0 saturated heterocycles. The number of cyclic esters (lactones) is 1. The number of carbonyl (C=O) groups is 3. The van der Waals surface area contributed by atoms with Gasteiger partial charge >= 0.3 is 5.97 Å². The molecular formula is C16H29N3O5. The number of hydrogen-bond donors (Lipinski definition) is 2. The van der Waals surface area contributed by atoms with Crippen molar-refractivity contribution in [2.75, 3.05) is 20.2 Å². The van der Waals surface area contributed by atoms with Gasteiger partial charge in [-0.15, -0.1) is 0 Å². The highest BCUT2D eigenvalue weighted by molar-refractivity contribution is 5.93. The Morgan fingerprint density at radius 3 is 2.17 bits per heavy atom. The van der Waals surface area contributed by atoms with Crippen molar-refractivity contribution in [1.82, 2.24) is 4.90 Å². The summed E-state index contributed by atoms with van der Waals surface area (Å²) in [5, 5.41) is 6.89. The average Bonchev–Trinajstić information content (AvgIpc) is 2.52. The van der Waals surface area contributed by atoms with E-state index < -0.39 is 0 Å². The van der Waals surface area contributed by atoms with E-state index in [9.17, 15) is 9.59 Å². The van der Waals surface area contributed by atoms with Crippen LogP contribution in [0.3, 0.4) is 0 Å². The minimum Gasteiger partial charge on any atom is -0.483 e. The number of carbonyl (C=O) groups excluding carboxylic acids is 2. The molecule has 1 aliphatic rings. The second-order valence-corrected chi connectivity index (χ2v) is 5.62. The molecule has 0 saturated carbocycles. The normalized spacial score (nSPS) is 19.2. The molecular weight excluding hydrogens is 314 g/mol. The number of aliphatic imine (C=N–C) groups is 1. The van der Waals surface area contributed by atoms with Gasteiger partial charge in [-0.1, -0.05) is 38.5 Å². The zero-order chi connectivity index (χ0) is 18.2. The number of carboxylic acid groups (broad SMARTS) is 1. The lowest BCUT2D eigenvalue weighted by Crippen LogP contribution is -2.39. The van der Waals surface area contributed by atoms with E-state index in [1.807, 2.05) is 0 Å². The Bertz CT molecular complexity index is 413. The van der Waals surface area contributed by atoms with Crippen LogP contribution in [0.25, 0.3) is 0 Å². The first kappa shape index (κ1) is 21.9. The van der Waals surface area contributed by atoms with Gasteiger partial charge in [-0.3, -0.25) is 14.4 Å². The number of amides is 1. The molecule has 0 aromatic rings. The Morgan fingerprint density at radius 2 is 1.58 bits per heavy atom. The van der Waals surface area contributed by atoms with Gasteiger partial charge in [0.05, 0.1) is 6.61 Å². The average molecular weight is 343 g/mol. The molecule has 24 heavy (non-hydrogen) atoms. The molecule has 1 aliphatic heterocycles. The van der Waals surface area contributed by atoms with Gasteiger partial charge in [-0.2, -0.15) is 4.99 Å². The zero-order valence-electron chi connectivity index (χ0n) is 14.4. The van der Waals surface area contributed by atoms with Crippen LogP contribution in [-0.4, -0.2) is 54.5 Å². The third-order valence-corrected chi connectivity index (χ3v) is 3.54. The van der Waals surface area contributed by atoms with Gasteiger partial charge in [-0.05, 0) is 12.8 Å². The van der Waals surface area contributed by atoms with Gasteiger partial charge in [0.1, 0.15) is 6.54 Å². The van der Waals surface area contributed by atoms with Gasteiger partial charge in [0.15, 0.2) is 5.96 Å². The van der Waals surface area contributed by atoms with Crippen LogP contribution < -0.4 is 5.73 Å². The highest BCUT2D eigenvalue weighted by atomic mass is 16.5. The number of nitrogens with two attached hydrogens (primary N) is 1. The van der Waals surface area contributed by atoms with Crippen molar-refractivity contribution >= 4 is 24.3 Å². The number of ether oxygens (including phenoxy) is 1. The molecule has 1 heterocycles. The Kier molecular flexibility index (Phi) is 13.2. The number of hydrogen-bond acceptors (Lipinski definition) is 6. The molecule has 1 amide bonds. The Hall–Kier alpha value is -2.12. The van der Waals surface area contributed by atoms with Crippen LogP contribution in [0.2, 0.25) is 0 Å². The lowest BCUT2D eigenvalue weighted by atomic mass is 10.1. The standard InChI is InChI=1S/C15H27N3O3.CH2O2/c1-18-12-14(20)21-11-9-7-5-3-2-4-6-8-10-13(19)17-15(18)16;2-1-3/h2-12H2,1H3,(H2,16,17,19);1H,(H,2,3). The molecule has 0 atom stereocenters. The van der Waals surface area contributed by atoms with Crippen LogP contribution in [0.5, 0.6) is 0 Å². The molecule has 0 spiro atoms. The first-order chi connectivity index (χ1) is 11.5. The summed E-state index contributed by atoms with van der Waals surface area (Å²) in [4.78, 5) is 36.9. The maximum Gasteiger partial charge on any atom is 0.325 e. The summed E-state index contributed by atoms with van der Waals surface area (Å²) in [5.74, 6) is -0.495. The van der Waals surface area contributed by atoms with E-state index in [2.05, 4.69) is 4.99 Å². The van der Waals surface area contributed by atoms with E-state index in [0.717, 1.165) is 32.1 Å². The predicted molar refractivity (Wildman–Crippen MR) is 90.5 cm³/mol. The zero-order valence-corrected chi connectivity index (χ0v) is 14.4. The van der Waals surface area contributed by atoms with Crippen molar-refractivity contribution in [3.8, 4) is 0 Å². The summed E-state index contributed by atoms with van der Waals surface area (Å²) in [6, 6.07) is 0. The Morgan fingerprint density at radius 1 is 1.08 bits per heavy atom. The molecule has 8 heteroatoms. The quantitative estimate of drug-likeness (QED) is 0.505. The molecule has 0 fully saturated rings. The highest BCUT2D eigenvalue weighted by Crippen LogP contribution is 2.10. The maximum absolute atomic E-state index is 11.7. The fraction of sp³-hybridized carbons (Fsp3) is 0.750. The highest BCUT2D eigenvalue weighted by Gasteiger charge is 2.11. The van der Waals surface area contributed by atoms with E-state index in [0.29, 0.717) is 13.0 Å². The molecule has 8 nitrogen and oxygen atoms in total. The first-order valence-electron chi connectivity index (χ1n) is 8.32. The fourth-order valence-corrected chi connectivity index (χ4v) is 2.21. The van der Waals surface area contributed by atoms with Gasteiger partial charge in [0.2, 0.25) is 5.91 Å². The van der Waals surface area contributed by atoms with Crippen molar-refractivity contribution in [2.45, 2.75) is 57.8 Å². The Balaban J connectivity index is 0.00000163. The molecule has 0 unspecified atom stereocenters.